The van der Waals surface area contributed by atoms with Crippen molar-refractivity contribution in [1.29, 1.82) is 0 Å². The molecule has 4 aromatic rings. The second-order valence-electron chi connectivity index (χ2n) is 8.31. The first kappa shape index (κ1) is 27.9. The quantitative estimate of drug-likeness (QED) is 0.173. The van der Waals surface area contributed by atoms with Crippen LogP contribution in [0.25, 0.3) is 0 Å². The van der Waals surface area contributed by atoms with Crippen molar-refractivity contribution in [2.24, 2.45) is 10.2 Å². The van der Waals surface area contributed by atoms with Crippen molar-refractivity contribution in [2.45, 2.75) is 0 Å². The maximum absolute atomic E-state index is 13.0. The Kier molecular flexibility index (Phi) is 9.47. The number of methoxy groups -OCH3 is 2. The molecule has 0 radical (unpaired) electrons. The van der Waals surface area contributed by atoms with Gasteiger partial charge in [0, 0.05) is 5.02 Å². The molecule has 0 atom stereocenters. The third kappa shape index (κ3) is 7.46. The highest BCUT2D eigenvalue weighted by Crippen LogP contribution is 2.27. The van der Waals surface area contributed by atoms with Crippen LogP contribution in [0.5, 0.6) is 11.5 Å². The first-order valence-electron chi connectivity index (χ1n) is 12.1. The summed E-state index contributed by atoms with van der Waals surface area (Å²) < 4.78 is 10.3. The summed E-state index contributed by atoms with van der Waals surface area (Å²) >= 11 is 6.23. The zero-order valence-electron chi connectivity index (χ0n) is 21.7. The molecule has 0 heterocycles. The summed E-state index contributed by atoms with van der Waals surface area (Å²) in [7, 11) is 3.18. The van der Waals surface area contributed by atoms with E-state index < -0.39 is 11.8 Å². The first-order valence-corrected chi connectivity index (χ1v) is 12.4. The molecular formula is C30H26ClN5O4. The number of carbonyl (C=O) groups is 2. The maximum Gasteiger partial charge on any atom is 0.273 e. The van der Waals surface area contributed by atoms with Gasteiger partial charge in [-0.2, -0.15) is 10.2 Å². The SMILES string of the molecule is COc1ccc(/C=N/NC(=O)c2ccccc2Nc2cc(Cl)ccc2C(=O)N/N=C/c2ccc(OC)cc2)cc1. The molecule has 0 aliphatic rings. The summed E-state index contributed by atoms with van der Waals surface area (Å²) in [5, 5.41) is 11.7. The number of amides is 2. The second kappa shape index (κ2) is 13.6. The van der Waals surface area contributed by atoms with Crippen LogP contribution < -0.4 is 25.6 Å². The zero-order chi connectivity index (χ0) is 28.3. The van der Waals surface area contributed by atoms with Crippen molar-refractivity contribution in [3.8, 4) is 11.5 Å². The molecule has 0 spiro atoms. The highest BCUT2D eigenvalue weighted by Gasteiger charge is 2.15. The van der Waals surface area contributed by atoms with Crippen LogP contribution in [-0.4, -0.2) is 38.5 Å². The molecule has 2 amide bonds. The van der Waals surface area contributed by atoms with Gasteiger partial charge < -0.3 is 14.8 Å². The Hall–Kier alpha value is -5.15. The molecule has 0 bridgehead atoms. The standard InChI is InChI=1S/C30H26ClN5O4/c1-39-23-12-7-20(8-13-23)18-32-35-29(37)25-5-3-4-6-27(25)34-28-17-22(31)11-16-26(28)30(38)36-33-19-21-9-14-24(40-2)15-10-21/h3-19,34H,1-2H3,(H,35,37)(H,36,38)/b32-18+,33-19+. The molecule has 0 saturated heterocycles. The number of hydrazone groups is 2. The lowest BCUT2D eigenvalue weighted by molar-refractivity contribution is 0.0948. The first-order chi connectivity index (χ1) is 19.5. The fraction of sp³-hybridized carbons (Fsp3) is 0.0667. The van der Waals surface area contributed by atoms with Crippen LogP contribution >= 0.6 is 11.6 Å². The van der Waals surface area contributed by atoms with Gasteiger partial charge in [-0.1, -0.05) is 23.7 Å². The molecular weight excluding hydrogens is 530 g/mol. The van der Waals surface area contributed by atoms with Crippen molar-refractivity contribution >= 4 is 47.2 Å². The highest BCUT2D eigenvalue weighted by atomic mass is 35.5. The number of nitrogens with one attached hydrogen (secondary N) is 3. The lowest BCUT2D eigenvalue weighted by Gasteiger charge is -2.14. The lowest BCUT2D eigenvalue weighted by Crippen LogP contribution is -2.20. The second-order valence-corrected chi connectivity index (χ2v) is 8.74. The van der Waals surface area contributed by atoms with Crippen LogP contribution in [-0.2, 0) is 0 Å². The van der Waals surface area contributed by atoms with E-state index in [0.29, 0.717) is 22.0 Å². The number of benzene rings is 4. The van der Waals surface area contributed by atoms with Crippen LogP contribution in [0.15, 0.2) is 101 Å². The van der Waals surface area contributed by atoms with Gasteiger partial charge in [0.2, 0.25) is 0 Å². The van der Waals surface area contributed by atoms with Gasteiger partial charge in [-0.25, -0.2) is 10.9 Å². The summed E-state index contributed by atoms with van der Waals surface area (Å²) in [4.78, 5) is 25.9. The van der Waals surface area contributed by atoms with E-state index in [1.54, 1.807) is 80.9 Å². The van der Waals surface area contributed by atoms with Crippen molar-refractivity contribution in [2.75, 3.05) is 19.5 Å². The molecule has 202 valence electrons. The number of anilines is 2. The Morgan fingerprint density at radius 3 is 1.70 bits per heavy atom. The minimum Gasteiger partial charge on any atom is -0.497 e. The number of hydrogen-bond donors (Lipinski definition) is 3. The molecule has 40 heavy (non-hydrogen) atoms. The predicted molar refractivity (Wildman–Crippen MR) is 157 cm³/mol. The fourth-order valence-electron chi connectivity index (χ4n) is 3.58. The van der Waals surface area contributed by atoms with Gasteiger partial charge in [0.05, 0.1) is 49.2 Å². The monoisotopic (exact) mass is 555 g/mol. The Labute approximate surface area is 236 Å². The smallest absolute Gasteiger partial charge is 0.273 e. The normalized spacial score (nSPS) is 10.9. The number of carbonyl (C=O) groups excluding carboxylic acids is 2. The highest BCUT2D eigenvalue weighted by molar-refractivity contribution is 6.31. The summed E-state index contributed by atoms with van der Waals surface area (Å²) in [6, 6.07) is 26.1. The van der Waals surface area contributed by atoms with Gasteiger partial charge in [-0.15, -0.1) is 0 Å². The lowest BCUT2D eigenvalue weighted by atomic mass is 10.1. The number of rotatable bonds is 10. The topological polar surface area (TPSA) is 113 Å². The minimum atomic E-state index is -0.463. The van der Waals surface area contributed by atoms with Gasteiger partial charge in [0.15, 0.2) is 0 Å². The Bertz CT molecular complexity index is 1540. The summed E-state index contributed by atoms with van der Waals surface area (Å²) in [6.07, 6.45) is 3.05. The molecule has 0 unspecified atom stereocenters. The zero-order valence-corrected chi connectivity index (χ0v) is 22.5. The van der Waals surface area contributed by atoms with Crippen molar-refractivity contribution < 1.29 is 19.1 Å². The van der Waals surface area contributed by atoms with E-state index in [4.69, 9.17) is 21.1 Å². The number of ether oxygens (including phenoxy) is 2. The van der Waals surface area contributed by atoms with Crippen LogP contribution in [0.4, 0.5) is 11.4 Å². The molecule has 0 saturated carbocycles. The average Bonchev–Trinajstić information content (AvgIpc) is 2.98. The van der Waals surface area contributed by atoms with Crippen LogP contribution in [0.1, 0.15) is 31.8 Å². The Morgan fingerprint density at radius 1 is 0.675 bits per heavy atom. The van der Waals surface area contributed by atoms with Gasteiger partial charge in [0.1, 0.15) is 11.5 Å². The van der Waals surface area contributed by atoms with Crippen molar-refractivity contribution in [3.05, 3.63) is 118 Å². The summed E-state index contributed by atoms with van der Waals surface area (Å²) in [5.41, 5.74) is 8.07. The van der Waals surface area contributed by atoms with Gasteiger partial charge in [-0.05, 0) is 90.0 Å². The van der Waals surface area contributed by atoms with Crippen LogP contribution in [0.3, 0.4) is 0 Å². The van der Waals surface area contributed by atoms with E-state index >= 15 is 0 Å². The van der Waals surface area contributed by atoms with E-state index in [1.165, 1.54) is 12.4 Å². The molecule has 0 aliphatic heterocycles. The Balaban J connectivity index is 1.47. The van der Waals surface area contributed by atoms with E-state index in [1.807, 2.05) is 24.3 Å². The molecule has 4 rings (SSSR count). The molecule has 10 heteroatoms. The van der Waals surface area contributed by atoms with E-state index in [0.717, 1.165) is 22.6 Å². The fourth-order valence-corrected chi connectivity index (χ4v) is 3.76. The molecule has 0 aliphatic carbocycles. The van der Waals surface area contributed by atoms with E-state index in [9.17, 15) is 9.59 Å². The number of hydrogen-bond acceptors (Lipinski definition) is 7. The molecule has 9 nitrogen and oxygen atoms in total. The van der Waals surface area contributed by atoms with Crippen molar-refractivity contribution in [3.63, 3.8) is 0 Å². The molecule has 4 aromatic carbocycles. The number of nitrogens with zero attached hydrogens (tertiary/aromatic N) is 2. The largest absolute Gasteiger partial charge is 0.497 e. The minimum absolute atomic E-state index is 0.281. The average molecular weight is 556 g/mol. The number of halogens is 1. The van der Waals surface area contributed by atoms with Gasteiger partial charge in [-0.3, -0.25) is 9.59 Å². The van der Waals surface area contributed by atoms with Crippen LogP contribution in [0.2, 0.25) is 5.02 Å². The summed E-state index contributed by atoms with van der Waals surface area (Å²) in [6.45, 7) is 0. The van der Waals surface area contributed by atoms with E-state index in [2.05, 4.69) is 26.4 Å². The maximum atomic E-state index is 13.0. The third-order valence-corrected chi connectivity index (χ3v) is 5.89. The number of para-hydroxylation sites is 1. The third-order valence-electron chi connectivity index (χ3n) is 5.66. The van der Waals surface area contributed by atoms with Crippen LogP contribution in [0, 0.1) is 0 Å². The van der Waals surface area contributed by atoms with Crippen molar-refractivity contribution in [1.82, 2.24) is 10.9 Å². The molecule has 0 aromatic heterocycles. The Morgan fingerprint density at radius 2 is 1.18 bits per heavy atom. The summed E-state index contributed by atoms with van der Waals surface area (Å²) in [5.74, 6) is 0.537. The van der Waals surface area contributed by atoms with Gasteiger partial charge in [0.25, 0.3) is 11.8 Å². The molecule has 3 N–H and O–H groups in total. The van der Waals surface area contributed by atoms with Gasteiger partial charge >= 0.3 is 0 Å². The molecule has 0 fully saturated rings. The van der Waals surface area contributed by atoms with E-state index in [-0.39, 0.29) is 5.56 Å². The predicted octanol–water partition coefficient (Wildman–Crippen LogP) is 5.63.